The standard InChI is InChI=1S/C25H42O5/c1-7-8-9-10-20-11-13-21(14-12-20)15-22(16-29-23(26)18(2)3)17-30-24(27)19(4)25(5,6)28/h20-22,28H,2,4,7-17H2,1,3,5-6H3. The van der Waals surface area contributed by atoms with E-state index in [0.29, 0.717) is 11.5 Å². The van der Waals surface area contributed by atoms with Crippen LogP contribution in [0.5, 0.6) is 0 Å². The zero-order chi connectivity index (χ0) is 22.7. The van der Waals surface area contributed by atoms with Gasteiger partial charge in [-0.25, -0.2) is 9.59 Å². The third-order valence-corrected chi connectivity index (χ3v) is 6.08. The molecule has 1 unspecified atom stereocenters. The van der Waals surface area contributed by atoms with Gasteiger partial charge in [0.1, 0.15) is 0 Å². The van der Waals surface area contributed by atoms with E-state index in [4.69, 9.17) is 9.47 Å². The van der Waals surface area contributed by atoms with Gasteiger partial charge in [0.15, 0.2) is 0 Å². The molecular weight excluding hydrogens is 380 g/mol. The molecule has 0 aliphatic heterocycles. The van der Waals surface area contributed by atoms with Gasteiger partial charge >= 0.3 is 11.9 Å². The van der Waals surface area contributed by atoms with Crippen LogP contribution in [0.4, 0.5) is 0 Å². The predicted octanol–water partition coefficient (Wildman–Crippen LogP) is 5.37. The summed E-state index contributed by atoms with van der Waals surface area (Å²) in [5.74, 6) is 0.274. The first-order valence-corrected chi connectivity index (χ1v) is 11.5. The Morgan fingerprint density at radius 3 is 2.03 bits per heavy atom. The average Bonchev–Trinajstić information content (AvgIpc) is 2.69. The molecule has 0 amide bonds. The summed E-state index contributed by atoms with van der Waals surface area (Å²) >= 11 is 0. The van der Waals surface area contributed by atoms with E-state index in [2.05, 4.69) is 20.1 Å². The number of unbranched alkanes of at least 4 members (excludes halogenated alkanes) is 2. The van der Waals surface area contributed by atoms with Crippen molar-refractivity contribution in [2.75, 3.05) is 13.2 Å². The molecule has 1 aliphatic rings. The molecule has 5 nitrogen and oxygen atoms in total. The molecular formula is C25H42O5. The van der Waals surface area contributed by atoms with E-state index >= 15 is 0 Å². The second-order valence-corrected chi connectivity index (χ2v) is 9.50. The van der Waals surface area contributed by atoms with Gasteiger partial charge in [0.2, 0.25) is 0 Å². The molecule has 1 atom stereocenters. The number of aliphatic hydroxyl groups is 1. The summed E-state index contributed by atoms with van der Waals surface area (Å²) in [6, 6.07) is 0. The Balaban J connectivity index is 2.57. The molecule has 5 heteroatoms. The molecule has 0 aromatic carbocycles. The van der Waals surface area contributed by atoms with Crippen LogP contribution in [-0.4, -0.2) is 35.9 Å². The fraction of sp³-hybridized carbons (Fsp3) is 0.760. The molecule has 1 saturated carbocycles. The van der Waals surface area contributed by atoms with Crippen molar-refractivity contribution in [3.05, 3.63) is 24.3 Å². The summed E-state index contributed by atoms with van der Waals surface area (Å²) in [7, 11) is 0. The molecule has 1 fully saturated rings. The molecule has 0 bridgehead atoms. The van der Waals surface area contributed by atoms with Crippen LogP contribution in [-0.2, 0) is 19.1 Å². The lowest BCUT2D eigenvalue weighted by Gasteiger charge is -2.31. The monoisotopic (exact) mass is 422 g/mol. The fourth-order valence-electron chi connectivity index (χ4n) is 3.94. The summed E-state index contributed by atoms with van der Waals surface area (Å²) in [6.07, 6.45) is 10.9. The number of esters is 2. The van der Waals surface area contributed by atoms with Gasteiger partial charge < -0.3 is 14.6 Å². The van der Waals surface area contributed by atoms with E-state index in [1.54, 1.807) is 6.92 Å². The van der Waals surface area contributed by atoms with Crippen molar-refractivity contribution < 1.29 is 24.2 Å². The van der Waals surface area contributed by atoms with E-state index in [1.165, 1.54) is 65.2 Å². The Morgan fingerprint density at radius 2 is 1.53 bits per heavy atom. The van der Waals surface area contributed by atoms with Crippen molar-refractivity contribution >= 4 is 11.9 Å². The highest BCUT2D eigenvalue weighted by molar-refractivity contribution is 5.89. The van der Waals surface area contributed by atoms with E-state index in [0.717, 1.165) is 12.3 Å². The molecule has 30 heavy (non-hydrogen) atoms. The quantitative estimate of drug-likeness (QED) is 0.245. The molecule has 172 valence electrons. The number of carbonyl (C=O) groups is 2. The number of ether oxygens (including phenoxy) is 2. The summed E-state index contributed by atoms with van der Waals surface area (Å²) in [6.45, 7) is 14.4. The van der Waals surface area contributed by atoms with Gasteiger partial charge in [0, 0.05) is 11.5 Å². The van der Waals surface area contributed by atoms with Crippen LogP contribution >= 0.6 is 0 Å². The van der Waals surface area contributed by atoms with Gasteiger partial charge in [-0.3, -0.25) is 0 Å². The predicted molar refractivity (Wildman–Crippen MR) is 120 cm³/mol. The van der Waals surface area contributed by atoms with Crippen LogP contribution in [0.2, 0.25) is 0 Å². The fourth-order valence-corrected chi connectivity index (χ4v) is 3.94. The minimum absolute atomic E-state index is 0.0211. The van der Waals surface area contributed by atoms with Crippen LogP contribution < -0.4 is 0 Å². The molecule has 0 heterocycles. The number of carbonyl (C=O) groups excluding carboxylic acids is 2. The number of rotatable bonds is 13. The average molecular weight is 423 g/mol. The SMILES string of the molecule is C=C(C)C(=O)OCC(COC(=O)C(=C)C(C)(C)O)CC1CCC(CCCCC)CC1. The summed E-state index contributed by atoms with van der Waals surface area (Å²) in [5, 5.41) is 9.94. The van der Waals surface area contributed by atoms with Crippen molar-refractivity contribution in [2.45, 2.75) is 91.1 Å². The molecule has 1 rings (SSSR count). The molecule has 0 spiro atoms. The second-order valence-electron chi connectivity index (χ2n) is 9.50. The van der Waals surface area contributed by atoms with E-state index < -0.39 is 17.5 Å². The molecule has 1 N–H and O–H groups in total. The second kappa shape index (κ2) is 12.9. The third kappa shape index (κ3) is 9.92. The molecule has 0 radical (unpaired) electrons. The van der Waals surface area contributed by atoms with Gasteiger partial charge in [0.25, 0.3) is 0 Å². The summed E-state index contributed by atoms with van der Waals surface area (Å²) < 4.78 is 10.8. The first-order chi connectivity index (χ1) is 14.0. The van der Waals surface area contributed by atoms with Gasteiger partial charge in [0.05, 0.1) is 24.4 Å². The minimum atomic E-state index is -1.32. The van der Waals surface area contributed by atoms with Crippen LogP contribution in [0, 0.1) is 17.8 Å². The smallest absolute Gasteiger partial charge is 0.336 e. The number of hydrogen-bond donors (Lipinski definition) is 1. The van der Waals surface area contributed by atoms with Crippen LogP contribution in [0.15, 0.2) is 24.3 Å². The Hall–Kier alpha value is -1.62. The van der Waals surface area contributed by atoms with E-state index in [9.17, 15) is 14.7 Å². The van der Waals surface area contributed by atoms with Crippen LogP contribution in [0.1, 0.15) is 85.5 Å². The van der Waals surface area contributed by atoms with Crippen molar-refractivity contribution in [3.63, 3.8) is 0 Å². The van der Waals surface area contributed by atoms with Crippen LogP contribution in [0.25, 0.3) is 0 Å². The topological polar surface area (TPSA) is 72.8 Å². The normalized spacial score (nSPS) is 20.3. The molecule has 0 saturated heterocycles. The van der Waals surface area contributed by atoms with Crippen LogP contribution in [0.3, 0.4) is 0 Å². The van der Waals surface area contributed by atoms with Gasteiger partial charge in [-0.05, 0) is 39.0 Å². The maximum Gasteiger partial charge on any atom is 0.336 e. The van der Waals surface area contributed by atoms with Gasteiger partial charge in [-0.2, -0.15) is 0 Å². The number of hydrogen-bond acceptors (Lipinski definition) is 5. The zero-order valence-electron chi connectivity index (χ0n) is 19.5. The highest BCUT2D eigenvalue weighted by Crippen LogP contribution is 2.35. The highest BCUT2D eigenvalue weighted by Gasteiger charge is 2.28. The first-order valence-electron chi connectivity index (χ1n) is 11.5. The maximum absolute atomic E-state index is 12.2. The lowest BCUT2D eigenvalue weighted by atomic mass is 9.76. The Kier molecular flexibility index (Phi) is 11.4. The van der Waals surface area contributed by atoms with E-state index in [1.807, 2.05) is 0 Å². The van der Waals surface area contributed by atoms with Crippen molar-refractivity contribution in [1.29, 1.82) is 0 Å². The third-order valence-electron chi connectivity index (χ3n) is 6.08. The molecule has 1 aliphatic carbocycles. The Labute approximate surface area is 182 Å². The molecule has 0 aromatic heterocycles. The Bertz CT molecular complexity index is 579. The lowest BCUT2D eigenvalue weighted by Crippen LogP contribution is -2.30. The molecule has 0 aromatic rings. The summed E-state index contributed by atoms with van der Waals surface area (Å²) in [5.41, 5.74) is -0.948. The minimum Gasteiger partial charge on any atom is -0.462 e. The van der Waals surface area contributed by atoms with Gasteiger partial charge in [-0.15, -0.1) is 0 Å². The van der Waals surface area contributed by atoms with Crippen molar-refractivity contribution in [3.8, 4) is 0 Å². The first kappa shape index (κ1) is 26.4. The van der Waals surface area contributed by atoms with Crippen molar-refractivity contribution in [1.82, 2.24) is 0 Å². The lowest BCUT2D eigenvalue weighted by molar-refractivity contribution is -0.145. The van der Waals surface area contributed by atoms with E-state index in [-0.39, 0.29) is 24.7 Å². The largest absolute Gasteiger partial charge is 0.462 e. The maximum atomic E-state index is 12.2. The zero-order valence-corrected chi connectivity index (χ0v) is 19.5. The van der Waals surface area contributed by atoms with Crippen molar-refractivity contribution in [2.24, 2.45) is 17.8 Å². The van der Waals surface area contributed by atoms with Gasteiger partial charge in [-0.1, -0.05) is 71.4 Å². The Morgan fingerprint density at radius 1 is 1.00 bits per heavy atom. The highest BCUT2D eigenvalue weighted by atomic mass is 16.5. The summed E-state index contributed by atoms with van der Waals surface area (Å²) in [4.78, 5) is 24.0.